The molecular weight excluding hydrogens is 360 g/mol. The zero-order valence-corrected chi connectivity index (χ0v) is 17.1. The molecule has 0 spiro atoms. The average molecular weight is 391 g/mol. The molecule has 2 aromatic rings. The Morgan fingerprint density at radius 1 is 1.22 bits per heavy atom. The van der Waals surface area contributed by atoms with Crippen LogP contribution in [0.1, 0.15) is 60.8 Å². The van der Waals surface area contributed by atoms with Crippen molar-refractivity contribution >= 4 is 17.4 Å². The van der Waals surface area contributed by atoms with Crippen molar-refractivity contribution in [3.63, 3.8) is 0 Å². The molecule has 0 saturated carbocycles. The molecule has 1 aromatic heterocycles. The molecule has 1 unspecified atom stereocenters. The van der Waals surface area contributed by atoms with Gasteiger partial charge in [-0.25, -0.2) is 0 Å². The first kappa shape index (κ1) is 21.7. The molecule has 2 rings (SSSR count). The van der Waals surface area contributed by atoms with Crippen LogP contribution in [0.2, 0.25) is 5.02 Å². The monoisotopic (exact) mass is 390 g/mol. The van der Waals surface area contributed by atoms with Crippen LogP contribution in [0.5, 0.6) is 0 Å². The summed E-state index contributed by atoms with van der Waals surface area (Å²) in [7, 11) is 1.88. The Bertz CT molecular complexity index is 736. The minimum Gasteiger partial charge on any atom is -0.394 e. The summed E-state index contributed by atoms with van der Waals surface area (Å²) in [6.45, 7) is 1.91. The van der Waals surface area contributed by atoms with E-state index >= 15 is 0 Å². The van der Waals surface area contributed by atoms with E-state index in [9.17, 15) is 9.90 Å². The number of ketones is 1. The maximum atomic E-state index is 12.6. The van der Waals surface area contributed by atoms with Gasteiger partial charge in [0.05, 0.1) is 17.3 Å². The zero-order valence-electron chi connectivity index (χ0n) is 16.4. The topological polar surface area (TPSA) is 68.2 Å². The van der Waals surface area contributed by atoms with Crippen molar-refractivity contribution in [1.82, 2.24) is 4.57 Å². The van der Waals surface area contributed by atoms with Gasteiger partial charge in [-0.15, -0.1) is 0 Å². The van der Waals surface area contributed by atoms with Crippen LogP contribution in [-0.2, 0) is 19.9 Å². The van der Waals surface area contributed by atoms with E-state index in [-0.39, 0.29) is 12.4 Å². The number of aromatic nitrogens is 1. The highest BCUT2D eigenvalue weighted by atomic mass is 35.5. The van der Waals surface area contributed by atoms with Gasteiger partial charge < -0.3 is 15.4 Å². The van der Waals surface area contributed by atoms with Crippen LogP contribution in [0.3, 0.4) is 0 Å². The summed E-state index contributed by atoms with van der Waals surface area (Å²) in [5, 5.41) is 10.1. The van der Waals surface area contributed by atoms with Crippen LogP contribution >= 0.6 is 11.6 Å². The van der Waals surface area contributed by atoms with Crippen LogP contribution in [0.15, 0.2) is 36.4 Å². The van der Waals surface area contributed by atoms with Crippen molar-refractivity contribution in [2.24, 2.45) is 12.8 Å². The van der Waals surface area contributed by atoms with Crippen LogP contribution < -0.4 is 5.73 Å². The fourth-order valence-corrected chi connectivity index (χ4v) is 3.61. The molecule has 0 saturated heterocycles. The minimum atomic E-state index is -0.602. The lowest BCUT2D eigenvalue weighted by molar-refractivity contribution is 0.0971. The highest BCUT2D eigenvalue weighted by Gasteiger charge is 2.24. The van der Waals surface area contributed by atoms with Gasteiger partial charge in [0.1, 0.15) is 0 Å². The molecule has 1 heterocycles. The summed E-state index contributed by atoms with van der Waals surface area (Å²) in [5.41, 5.74) is 8.43. The van der Waals surface area contributed by atoms with E-state index in [4.69, 9.17) is 17.3 Å². The number of aliphatic hydroxyl groups is 1. The van der Waals surface area contributed by atoms with Crippen molar-refractivity contribution < 1.29 is 9.90 Å². The Morgan fingerprint density at radius 3 is 2.56 bits per heavy atom. The number of aryl methyl sites for hydroxylation is 1. The highest BCUT2D eigenvalue weighted by Crippen LogP contribution is 2.25. The summed E-state index contributed by atoms with van der Waals surface area (Å²) in [6.07, 6.45) is 5.32. The second-order valence-electron chi connectivity index (χ2n) is 7.37. The van der Waals surface area contributed by atoms with Gasteiger partial charge in [-0.05, 0) is 50.2 Å². The maximum Gasteiger partial charge on any atom is 0.179 e. The first-order chi connectivity index (χ1) is 12.9. The molecule has 27 heavy (non-hydrogen) atoms. The molecule has 148 valence electrons. The molecule has 0 amide bonds. The van der Waals surface area contributed by atoms with E-state index in [2.05, 4.69) is 12.1 Å². The summed E-state index contributed by atoms with van der Waals surface area (Å²) >= 11 is 6.37. The van der Waals surface area contributed by atoms with Crippen LogP contribution in [0.25, 0.3) is 0 Å². The third-order valence-electron chi connectivity index (χ3n) is 5.43. The van der Waals surface area contributed by atoms with E-state index < -0.39 is 5.54 Å². The Morgan fingerprint density at radius 2 is 1.93 bits per heavy atom. The van der Waals surface area contributed by atoms with Gasteiger partial charge in [0, 0.05) is 24.7 Å². The summed E-state index contributed by atoms with van der Waals surface area (Å²) in [6, 6.07) is 12.1. The van der Waals surface area contributed by atoms with Crippen molar-refractivity contribution in [3.05, 3.63) is 58.4 Å². The average Bonchev–Trinajstić information content (AvgIpc) is 2.98. The van der Waals surface area contributed by atoms with E-state index in [0.717, 1.165) is 25.0 Å². The number of hydrogen-bond acceptors (Lipinski definition) is 3. The number of carbonyl (C=O) groups excluding carboxylic acids is 1. The van der Waals surface area contributed by atoms with Crippen molar-refractivity contribution in [2.45, 2.75) is 57.4 Å². The smallest absolute Gasteiger partial charge is 0.179 e. The predicted octanol–water partition coefficient (Wildman–Crippen LogP) is 4.31. The molecule has 0 aliphatic carbocycles. The van der Waals surface area contributed by atoms with Crippen LogP contribution in [-0.4, -0.2) is 27.6 Å². The number of aliphatic hydroxyl groups excluding tert-OH is 1. The van der Waals surface area contributed by atoms with Gasteiger partial charge in [-0.2, -0.15) is 0 Å². The predicted molar refractivity (Wildman–Crippen MR) is 111 cm³/mol. The van der Waals surface area contributed by atoms with E-state index in [0.29, 0.717) is 36.4 Å². The number of nitrogens with zero attached hydrogens (tertiary/aromatic N) is 1. The highest BCUT2D eigenvalue weighted by molar-refractivity contribution is 6.31. The number of halogens is 1. The van der Waals surface area contributed by atoms with Crippen LogP contribution in [0.4, 0.5) is 0 Å². The second kappa shape index (κ2) is 10.1. The quantitative estimate of drug-likeness (QED) is 0.443. The van der Waals surface area contributed by atoms with Gasteiger partial charge in [0.15, 0.2) is 5.78 Å². The SMILES string of the molecule is CCC(N)(CO)CCc1c(Cl)cc(C(=O)CCCCc2ccccc2)n1C. The molecule has 1 atom stereocenters. The minimum absolute atomic E-state index is 0.0568. The number of carbonyl (C=O) groups is 1. The second-order valence-corrected chi connectivity index (χ2v) is 7.78. The molecule has 1 aromatic carbocycles. The van der Waals surface area contributed by atoms with Crippen molar-refractivity contribution in [3.8, 4) is 0 Å². The molecular formula is C22H31ClN2O2. The van der Waals surface area contributed by atoms with E-state index in [1.54, 1.807) is 6.07 Å². The molecule has 0 aliphatic heterocycles. The van der Waals surface area contributed by atoms with Crippen LogP contribution in [0, 0.1) is 0 Å². The Balaban J connectivity index is 1.91. The summed E-state index contributed by atoms with van der Waals surface area (Å²) in [5.74, 6) is 0.121. The Hall–Kier alpha value is -1.62. The lowest BCUT2D eigenvalue weighted by Crippen LogP contribution is -2.43. The number of nitrogens with two attached hydrogens (primary N) is 1. The van der Waals surface area contributed by atoms with E-state index in [1.165, 1.54) is 5.56 Å². The van der Waals surface area contributed by atoms with Gasteiger partial charge in [-0.3, -0.25) is 4.79 Å². The normalized spacial score (nSPS) is 13.5. The fourth-order valence-electron chi connectivity index (χ4n) is 3.28. The number of Topliss-reactive ketones (excluding diaryl/α,β-unsaturated/α-hetero) is 1. The molecule has 0 aliphatic rings. The molecule has 5 heteroatoms. The van der Waals surface area contributed by atoms with Gasteiger partial charge in [0.25, 0.3) is 0 Å². The zero-order chi connectivity index (χ0) is 19.9. The van der Waals surface area contributed by atoms with Gasteiger partial charge in [0.2, 0.25) is 0 Å². The number of unbranched alkanes of at least 4 members (excludes halogenated alkanes) is 1. The third-order valence-corrected chi connectivity index (χ3v) is 5.76. The fraction of sp³-hybridized carbons (Fsp3) is 0.500. The number of benzene rings is 1. The van der Waals surface area contributed by atoms with Gasteiger partial charge >= 0.3 is 0 Å². The molecule has 0 radical (unpaired) electrons. The Kier molecular flexibility index (Phi) is 8.08. The lowest BCUT2D eigenvalue weighted by atomic mass is 9.92. The Labute approximate surface area is 167 Å². The molecule has 0 fully saturated rings. The van der Waals surface area contributed by atoms with Gasteiger partial charge in [-0.1, -0.05) is 48.9 Å². The summed E-state index contributed by atoms with van der Waals surface area (Å²) < 4.78 is 1.88. The standard InChI is InChI=1S/C22H31ClN2O2/c1-3-22(24,16-26)14-13-19-18(23)15-20(25(19)2)21(27)12-8-7-11-17-9-5-4-6-10-17/h4-6,9-10,15,26H,3,7-8,11-14,16,24H2,1-2H3. The largest absolute Gasteiger partial charge is 0.394 e. The maximum absolute atomic E-state index is 12.6. The lowest BCUT2D eigenvalue weighted by Gasteiger charge is -2.25. The first-order valence-electron chi connectivity index (χ1n) is 9.71. The van der Waals surface area contributed by atoms with Crippen molar-refractivity contribution in [1.29, 1.82) is 0 Å². The molecule has 0 bridgehead atoms. The van der Waals surface area contributed by atoms with Crippen molar-refractivity contribution in [2.75, 3.05) is 6.61 Å². The van der Waals surface area contributed by atoms with E-state index in [1.807, 2.05) is 36.7 Å². The number of hydrogen-bond donors (Lipinski definition) is 2. The number of rotatable bonds is 11. The first-order valence-corrected chi connectivity index (χ1v) is 10.1. The summed E-state index contributed by atoms with van der Waals surface area (Å²) in [4.78, 5) is 12.6. The molecule has 4 nitrogen and oxygen atoms in total. The third kappa shape index (κ3) is 5.93. The molecule has 3 N–H and O–H groups in total.